The van der Waals surface area contributed by atoms with Crippen LogP contribution in [0.5, 0.6) is 0 Å². The Hall–Kier alpha value is -1.56. The first kappa shape index (κ1) is 15.0. The number of hydrogen-bond acceptors (Lipinski definition) is 9. The summed E-state index contributed by atoms with van der Waals surface area (Å²) in [4.78, 5) is 32.1. The number of aromatic nitrogens is 4. The van der Waals surface area contributed by atoms with E-state index < -0.39 is 37.9 Å². The fraction of sp³-hybridized carbons (Fsp3) is 0.500. The number of hydrogen-bond donors (Lipinski definition) is 4. The first-order chi connectivity index (χ1) is 10.9. The van der Waals surface area contributed by atoms with Gasteiger partial charge in [-0.05, 0) is 0 Å². The van der Waals surface area contributed by atoms with Crippen molar-refractivity contribution < 1.29 is 23.8 Å². The molecule has 0 amide bonds. The molecule has 0 radical (unpaired) electrons. The summed E-state index contributed by atoms with van der Waals surface area (Å²) < 4.78 is 17.9. The molecule has 124 valence electrons. The van der Waals surface area contributed by atoms with Gasteiger partial charge in [0.25, 0.3) is 0 Å². The molecule has 11 nitrogen and oxygen atoms in total. The summed E-state index contributed by atoms with van der Waals surface area (Å²) in [7, 11) is -1.79. The Morgan fingerprint density at radius 3 is 3.13 bits per heavy atom. The molecule has 1 unspecified atom stereocenters. The SMILES string of the molecule is B[PH]1(O)OC[C@H]2O[C@@H](n3cnc4c(=O)[nH]c(N)nc43)[C@@H](O)C2O1. The van der Waals surface area contributed by atoms with Gasteiger partial charge in [-0.3, -0.25) is 0 Å². The molecule has 4 rings (SSSR count). The van der Waals surface area contributed by atoms with Gasteiger partial charge in [0.05, 0.1) is 0 Å². The van der Waals surface area contributed by atoms with E-state index in [2.05, 4.69) is 15.0 Å². The maximum absolute atomic E-state index is 11.8. The normalized spacial score (nSPS) is 34.3. The van der Waals surface area contributed by atoms with Gasteiger partial charge >= 0.3 is 129 Å². The Labute approximate surface area is 130 Å². The van der Waals surface area contributed by atoms with E-state index in [4.69, 9.17) is 19.5 Å². The molecule has 13 heteroatoms. The summed E-state index contributed by atoms with van der Waals surface area (Å²) in [5, 5.41) is 10.5. The molecule has 0 saturated carbocycles. The van der Waals surface area contributed by atoms with Gasteiger partial charge in [0, 0.05) is 0 Å². The molecule has 4 heterocycles. The second-order valence-electron chi connectivity index (χ2n) is 5.62. The monoisotopic (exact) mass is 343 g/mol. The molecule has 2 aliphatic heterocycles. The Kier molecular flexibility index (Phi) is 3.24. The van der Waals surface area contributed by atoms with Crippen molar-refractivity contribution in [3.8, 4) is 0 Å². The number of aliphatic hydroxyl groups excluding tert-OH is 1. The summed E-state index contributed by atoms with van der Waals surface area (Å²) >= 11 is 0. The van der Waals surface area contributed by atoms with E-state index in [1.807, 2.05) is 0 Å². The molecule has 2 saturated heterocycles. The summed E-state index contributed by atoms with van der Waals surface area (Å²) in [6.45, 7) is 0.111. The van der Waals surface area contributed by atoms with Crippen molar-refractivity contribution in [1.82, 2.24) is 19.5 Å². The molecule has 4 atom stereocenters. The number of ether oxygens (including phenoxy) is 1. The van der Waals surface area contributed by atoms with E-state index in [9.17, 15) is 14.8 Å². The molecule has 0 aromatic carbocycles. The van der Waals surface area contributed by atoms with Gasteiger partial charge in [-0.1, -0.05) is 0 Å². The number of nitrogens with two attached hydrogens (primary N) is 1. The van der Waals surface area contributed by atoms with Crippen LogP contribution in [0.25, 0.3) is 11.2 Å². The molecule has 5 N–H and O–H groups in total. The molecular formula is C10H15BN5O6P. The van der Waals surface area contributed by atoms with Crippen molar-refractivity contribution in [3.63, 3.8) is 0 Å². The fourth-order valence-electron chi connectivity index (χ4n) is 2.88. The van der Waals surface area contributed by atoms with Gasteiger partial charge in [-0.25, -0.2) is 0 Å². The maximum atomic E-state index is 11.8. The molecule has 2 aromatic heterocycles. The van der Waals surface area contributed by atoms with E-state index in [1.54, 1.807) is 0 Å². The van der Waals surface area contributed by atoms with Crippen LogP contribution in [0.2, 0.25) is 0 Å². The van der Waals surface area contributed by atoms with Gasteiger partial charge in [-0.2, -0.15) is 0 Å². The number of H-pyrrole nitrogens is 1. The van der Waals surface area contributed by atoms with Crippen LogP contribution >= 0.6 is 7.82 Å². The van der Waals surface area contributed by atoms with Gasteiger partial charge in [0.2, 0.25) is 0 Å². The van der Waals surface area contributed by atoms with Crippen LogP contribution in [0.3, 0.4) is 0 Å². The first-order valence-corrected chi connectivity index (χ1v) is 9.22. The number of anilines is 1. The van der Waals surface area contributed by atoms with E-state index in [0.29, 0.717) is 0 Å². The van der Waals surface area contributed by atoms with Crippen LogP contribution in [0.4, 0.5) is 5.95 Å². The number of nitrogens with zero attached hydrogens (tertiary/aromatic N) is 3. The third-order valence-corrected chi connectivity index (χ3v) is 5.32. The van der Waals surface area contributed by atoms with Crippen molar-refractivity contribution in [3.05, 3.63) is 16.7 Å². The van der Waals surface area contributed by atoms with Gasteiger partial charge in [0.15, 0.2) is 0 Å². The van der Waals surface area contributed by atoms with Gasteiger partial charge < -0.3 is 0 Å². The third-order valence-electron chi connectivity index (χ3n) is 3.90. The second-order valence-corrected chi connectivity index (χ2v) is 7.94. The van der Waals surface area contributed by atoms with E-state index >= 15 is 0 Å². The van der Waals surface area contributed by atoms with Crippen LogP contribution in [0.15, 0.2) is 11.1 Å². The van der Waals surface area contributed by atoms with E-state index in [1.165, 1.54) is 18.5 Å². The van der Waals surface area contributed by atoms with Crippen molar-refractivity contribution in [2.75, 3.05) is 12.3 Å². The fourth-order valence-corrected chi connectivity index (χ4v) is 4.22. The minimum absolute atomic E-state index is 0.0657. The van der Waals surface area contributed by atoms with E-state index in [0.717, 1.165) is 0 Å². The zero-order chi connectivity index (χ0) is 16.4. The average Bonchev–Trinajstić information content (AvgIpc) is 3.00. The summed E-state index contributed by atoms with van der Waals surface area (Å²) in [6, 6.07) is 0. The van der Waals surface area contributed by atoms with E-state index in [-0.39, 0.29) is 23.7 Å². The van der Waals surface area contributed by atoms with Crippen LogP contribution in [0, 0.1) is 0 Å². The first-order valence-electron chi connectivity index (χ1n) is 6.96. The van der Waals surface area contributed by atoms with Crippen molar-refractivity contribution in [2.45, 2.75) is 24.5 Å². The van der Waals surface area contributed by atoms with Gasteiger partial charge in [0.1, 0.15) is 0 Å². The predicted molar refractivity (Wildman–Crippen MR) is 82.4 cm³/mol. The number of fused-ring (bicyclic) bond motifs is 2. The standard InChI is InChI=1S/C10H15BN5O6P/c11-23(19)20-1-3-6(22-23)5(17)9(21-3)16-2-13-4-7(16)14-10(12)15-8(4)18/h2-3,5-6,9,17,19,23H,1,11H2,(H3,12,14,15,18)/t3-,5+,6?,9-/m1/s1. The van der Waals surface area contributed by atoms with Crippen LogP contribution < -0.4 is 11.3 Å². The Balaban J connectivity index is 1.73. The summed E-state index contributed by atoms with van der Waals surface area (Å²) in [5.74, 6) is -0.0657. The quantitative estimate of drug-likeness (QED) is 0.322. The number of aliphatic hydroxyl groups is 1. The molecule has 2 aliphatic rings. The average molecular weight is 343 g/mol. The molecule has 2 aromatic rings. The van der Waals surface area contributed by atoms with Crippen molar-refractivity contribution in [2.24, 2.45) is 0 Å². The molecule has 0 aliphatic carbocycles. The Morgan fingerprint density at radius 2 is 2.35 bits per heavy atom. The summed E-state index contributed by atoms with van der Waals surface area (Å²) in [6.07, 6.45) is -1.89. The van der Waals surface area contributed by atoms with Crippen molar-refractivity contribution >= 4 is 32.5 Å². The Morgan fingerprint density at radius 1 is 1.57 bits per heavy atom. The van der Waals surface area contributed by atoms with Crippen LogP contribution in [0.1, 0.15) is 6.23 Å². The predicted octanol–water partition coefficient (Wildman–Crippen LogP) is -2.59. The van der Waals surface area contributed by atoms with Gasteiger partial charge in [-0.15, -0.1) is 0 Å². The van der Waals surface area contributed by atoms with Crippen LogP contribution in [-0.2, 0) is 13.8 Å². The van der Waals surface area contributed by atoms with Crippen LogP contribution in [-0.4, -0.2) is 62.0 Å². The number of rotatable bonds is 1. The summed E-state index contributed by atoms with van der Waals surface area (Å²) in [5.41, 5.74) is 5.35. The topological polar surface area (TPSA) is 158 Å². The molecule has 2 fully saturated rings. The number of nitrogens with one attached hydrogen (secondary N) is 1. The van der Waals surface area contributed by atoms with Crippen molar-refractivity contribution in [1.29, 1.82) is 0 Å². The Bertz CT molecular complexity index is 826. The number of nitrogen functional groups attached to an aromatic ring is 1. The minimum atomic E-state index is -3.26. The molecule has 0 spiro atoms. The molecular weight excluding hydrogens is 328 g/mol. The zero-order valence-electron chi connectivity index (χ0n) is 12.0. The zero-order valence-corrected chi connectivity index (χ0v) is 13.0. The second kappa shape index (κ2) is 4.97. The third kappa shape index (κ3) is 2.35. The number of imidazole rings is 1. The number of aromatic amines is 1. The molecule has 23 heavy (non-hydrogen) atoms. The molecule has 0 bridgehead atoms.